The number of carbonyl (C=O) groups excluding carboxylic acids is 1. The zero-order chi connectivity index (χ0) is 14.1. The first-order chi connectivity index (χ1) is 9.66. The molecule has 0 radical (unpaired) electrons. The van der Waals surface area contributed by atoms with Crippen molar-refractivity contribution in [3.05, 3.63) is 35.0 Å². The highest BCUT2D eigenvalue weighted by Gasteiger charge is 2.18. The number of H-pyrrole nitrogens is 1. The largest absolute Gasteiger partial charge is 0.358 e. The number of benzene rings is 1. The number of hydrogen-bond donors (Lipinski definition) is 1. The molecule has 2 heterocycles. The number of carbonyl (C=O) groups is 1. The van der Waals surface area contributed by atoms with E-state index in [1.165, 1.54) is 29.5 Å². The molecule has 3 heteroatoms. The molecule has 0 unspecified atom stereocenters. The summed E-state index contributed by atoms with van der Waals surface area (Å²) in [6.45, 7) is 5.99. The highest BCUT2D eigenvalue weighted by atomic mass is 16.2. The van der Waals surface area contributed by atoms with E-state index in [0.29, 0.717) is 0 Å². The maximum absolute atomic E-state index is 12.6. The summed E-state index contributed by atoms with van der Waals surface area (Å²) in [6, 6.07) is 6.02. The molecular weight excluding hydrogens is 248 g/mol. The molecule has 3 nitrogen and oxygen atoms in total. The molecule has 20 heavy (non-hydrogen) atoms. The van der Waals surface area contributed by atoms with Crippen molar-refractivity contribution in [3.8, 4) is 0 Å². The van der Waals surface area contributed by atoms with Crippen molar-refractivity contribution in [1.29, 1.82) is 0 Å². The van der Waals surface area contributed by atoms with E-state index in [2.05, 4.69) is 18.8 Å². The van der Waals surface area contributed by atoms with Gasteiger partial charge in [-0.05, 0) is 50.5 Å². The molecule has 0 atom stereocenters. The van der Waals surface area contributed by atoms with Crippen LogP contribution in [0, 0.1) is 13.8 Å². The van der Waals surface area contributed by atoms with Crippen LogP contribution in [-0.4, -0.2) is 28.9 Å². The topological polar surface area (TPSA) is 36.1 Å². The number of likely N-dealkylation sites (tertiary alicyclic amines) is 1. The Balaban J connectivity index is 1.92. The lowest BCUT2D eigenvalue weighted by molar-refractivity contribution is 0.0762. The Labute approximate surface area is 120 Å². The molecule has 1 aliphatic rings. The molecule has 0 bridgehead atoms. The van der Waals surface area contributed by atoms with E-state index in [1.54, 1.807) is 0 Å². The van der Waals surface area contributed by atoms with Gasteiger partial charge in [0.25, 0.3) is 5.91 Å². The molecule has 1 fully saturated rings. The molecule has 1 aromatic carbocycles. The summed E-state index contributed by atoms with van der Waals surface area (Å²) >= 11 is 0. The maximum atomic E-state index is 12.6. The lowest BCUT2D eigenvalue weighted by atomic mass is 10.1. The fraction of sp³-hybridized carbons (Fsp3) is 0.471. The standard InChI is InChI=1S/C17H22N2O/c1-12-13(2)18-16-8-7-14(11-15(12)16)17(20)19-9-5-3-4-6-10-19/h7-8,11,18H,3-6,9-10H2,1-2H3. The van der Waals surface area contributed by atoms with E-state index in [4.69, 9.17) is 0 Å². The Bertz CT molecular complexity index is 634. The van der Waals surface area contributed by atoms with Gasteiger partial charge in [-0.1, -0.05) is 12.8 Å². The van der Waals surface area contributed by atoms with E-state index in [1.807, 2.05) is 23.1 Å². The van der Waals surface area contributed by atoms with Gasteiger partial charge in [0.2, 0.25) is 0 Å². The minimum absolute atomic E-state index is 0.187. The van der Waals surface area contributed by atoms with Gasteiger partial charge in [0.1, 0.15) is 0 Å². The van der Waals surface area contributed by atoms with Gasteiger partial charge in [-0.25, -0.2) is 0 Å². The van der Waals surface area contributed by atoms with Gasteiger partial charge >= 0.3 is 0 Å². The van der Waals surface area contributed by atoms with Crippen molar-refractivity contribution < 1.29 is 4.79 Å². The SMILES string of the molecule is Cc1[nH]c2ccc(C(=O)N3CCCCCC3)cc2c1C. The fourth-order valence-electron chi connectivity index (χ4n) is 3.05. The van der Waals surface area contributed by atoms with Crippen LogP contribution in [-0.2, 0) is 0 Å². The fourth-order valence-corrected chi connectivity index (χ4v) is 3.05. The van der Waals surface area contributed by atoms with Crippen molar-refractivity contribution in [1.82, 2.24) is 9.88 Å². The Hall–Kier alpha value is -1.77. The first-order valence-corrected chi connectivity index (χ1v) is 7.55. The molecule has 1 aromatic heterocycles. The number of aromatic amines is 1. The van der Waals surface area contributed by atoms with Crippen LogP contribution in [0.3, 0.4) is 0 Å². The maximum Gasteiger partial charge on any atom is 0.253 e. The van der Waals surface area contributed by atoms with E-state index >= 15 is 0 Å². The molecule has 106 valence electrons. The smallest absolute Gasteiger partial charge is 0.253 e. The Morgan fingerprint density at radius 3 is 2.50 bits per heavy atom. The average Bonchev–Trinajstić information content (AvgIpc) is 2.66. The summed E-state index contributed by atoms with van der Waals surface area (Å²) < 4.78 is 0. The van der Waals surface area contributed by atoms with Gasteiger partial charge in [-0.15, -0.1) is 0 Å². The molecule has 2 aromatic rings. The van der Waals surface area contributed by atoms with Crippen LogP contribution in [0.1, 0.15) is 47.3 Å². The molecule has 3 rings (SSSR count). The van der Waals surface area contributed by atoms with Gasteiger partial charge in [0, 0.05) is 35.2 Å². The Morgan fingerprint density at radius 2 is 1.80 bits per heavy atom. The summed E-state index contributed by atoms with van der Waals surface area (Å²) in [5, 5.41) is 1.17. The summed E-state index contributed by atoms with van der Waals surface area (Å²) in [5.74, 6) is 0.187. The number of nitrogens with zero attached hydrogens (tertiary/aromatic N) is 1. The normalized spacial score (nSPS) is 16.4. The molecule has 0 saturated carbocycles. The van der Waals surface area contributed by atoms with Gasteiger partial charge in [-0.3, -0.25) is 4.79 Å². The third-order valence-electron chi connectivity index (χ3n) is 4.45. The molecule has 0 spiro atoms. The number of rotatable bonds is 1. The Morgan fingerprint density at radius 1 is 1.10 bits per heavy atom. The summed E-state index contributed by atoms with van der Waals surface area (Å²) in [5.41, 5.74) is 4.36. The average molecular weight is 270 g/mol. The van der Waals surface area contributed by atoms with Gasteiger partial charge in [0.15, 0.2) is 0 Å². The monoisotopic (exact) mass is 270 g/mol. The predicted octanol–water partition coefficient (Wildman–Crippen LogP) is 3.80. The first-order valence-electron chi connectivity index (χ1n) is 7.55. The third kappa shape index (κ3) is 2.33. The second-order valence-corrected chi connectivity index (χ2v) is 5.84. The highest BCUT2D eigenvalue weighted by molar-refractivity contribution is 5.99. The van der Waals surface area contributed by atoms with Crippen LogP contribution in [0.4, 0.5) is 0 Å². The van der Waals surface area contributed by atoms with E-state index < -0.39 is 0 Å². The number of nitrogens with one attached hydrogen (secondary N) is 1. The number of aryl methyl sites for hydroxylation is 2. The van der Waals surface area contributed by atoms with E-state index in [9.17, 15) is 4.79 Å². The van der Waals surface area contributed by atoms with Crippen LogP contribution >= 0.6 is 0 Å². The molecule has 1 amide bonds. The number of fused-ring (bicyclic) bond motifs is 1. The molecular formula is C17H22N2O. The molecule has 0 aliphatic carbocycles. The van der Waals surface area contributed by atoms with Crippen molar-refractivity contribution in [2.24, 2.45) is 0 Å². The van der Waals surface area contributed by atoms with Crippen molar-refractivity contribution in [2.75, 3.05) is 13.1 Å². The van der Waals surface area contributed by atoms with Gasteiger partial charge < -0.3 is 9.88 Å². The number of aromatic nitrogens is 1. The lowest BCUT2D eigenvalue weighted by Crippen LogP contribution is -2.31. The minimum Gasteiger partial charge on any atom is -0.358 e. The van der Waals surface area contributed by atoms with Gasteiger partial charge in [0.05, 0.1) is 0 Å². The van der Waals surface area contributed by atoms with Crippen LogP contribution in [0.5, 0.6) is 0 Å². The first kappa shape index (κ1) is 13.2. The minimum atomic E-state index is 0.187. The van der Waals surface area contributed by atoms with Crippen LogP contribution in [0.15, 0.2) is 18.2 Å². The van der Waals surface area contributed by atoms with Gasteiger partial charge in [-0.2, -0.15) is 0 Å². The zero-order valence-electron chi connectivity index (χ0n) is 12.3. The summed E-state index contributed by atoms with van der Waals surface area (Å²) in [7, 11) is 0. The lowest BCUT2D eigenvalue weighted by Gasteiger charge is -2.20. The van der Waals surface area contributed by atoms with E-state index in [0.717, 1.165) is 37.0 Å². The number of hydrogen-bond acceptors (Lipinski definition) is 1. The zero-order valence-corrected chi connectivity index (χ0v) is 12.3. The van der Waals surface area contributed by atoms with Crippen LogP contribution in [0.2, 0.25) is 0 Å². The van der Waals surface area contributed by atoms with Crippen molar-refractivity contribution in [3.63, 3.8) is 0 Å². The summed E-state index contributed by atoms with van der Waals surface area (Å²) in [4.78, 5) is 18.0. The van der Waals surface area contributed by atoms with Crippen LogP contribution in [0.25, 0.3) is 10.9 Å². The summed E-state index contributed by atoms with van der Waals surface area (Å²) in [6.07, 6.45) is 4.77. The predicted molar refractivity (Wildman–Crippen MR) is 82.1 cm³/mol. The molecule has 1 N–H and O–H groups in total. The van der Waals surface area contributed by atoms with Crippen molar-refractivity contribution >= 4 is 16.8 Å². The molecule has 1 aliphatic heterocycles. The highest BCUT2D eigenvalue weighted by Crippen LogP contribution is 2.23. The Kier molecular flexibility index (Phi) is 3.51. The van der Waals surface area contributed by atoms with Crippen molar-refractivity contribution in [2.45, 2.75) is 39.5 Å². The second kappa shape index (κ2) is 5.31. The quantitative estimate of drug-likeness (QED) is 0.840. The van der Waals surface area contributed by atoms with E-state index in [-0.39, 0.29) is 5.91 Å². The third-order valence-corrected chi connectivity index (χ3v) is 4.45. The second-order valence-electron chi connectivity index (χ2n) is 5.84. The number of amides is 1. The molecule has 1 saturated heterocycles. The van der Waals surface area contributed by atoms with Crippen LogP contribution < -0.4 is 0 Å².